The second-order valence-electron chi connectivity index (χ2n) is 8.03. The van der Waals surface area contributed by atoms with E-state index in [2.05, 4.69) is 30.7 Å². The van der Waals surface area contributed by atoms with Crippen molar-refractivity contribution in [3.05, 3.63) is 53.9 Å². The minimum atomic E-state index is -0.302. The molecule has 162 valence electrons. The van der Waals surface area contributed by atoms with Crippen molar-refractivity contribution < 1.29 is 9.53 Å². The summed E-state index contributed by atoms with van der Waals surface area (Å²) in [6.45, 7) is 6.86. The van der Waals surface area contributed by atoms with Crippen molar-refractivity contribution in [3.8, 4) is 11.4 Å². The van der Waals surface area contributed by atoms with Crippen molar-refractivity contribution in [2.24, 2.45) is 5.92 Å². The van der Waals surface area contributed by atoms with Gasteiger partial charge in [0.1, 0.15) is 0 Å². The molecule has 0 saturated heterocycles. The molecule has 1 atom stereocenters. The largest absolute Gasteiger partial charge is 0.462 e. The number of esters is 1. The monoisotopic (exact) mass is 408 g/mol. The molecule has 0 amide bonds. The van der Waals surface area contributed by atoms with E-state index in [4.69, 9.17) is 4.74 Å². The summed E-state index contributed by atoms with van der Waals surface area (Å²) < 4.78 is 5.23. The molecule has 30 heavy (non-hydrogen) atoms. The van der Waals surface area contributed by atoms with Crippen LogP contribution in [0.1, 0.15) is 76.8 Å². The fraction of sp³-hybridized carbons (Fsp3) is 0.500. The van der Waals surface area contributed by atoms with Crippen LogP contribution in [0.4, 0.5) is 0 Å². The van der Waals surface area contributed by atoms with Crippen LogP contribution < -0.4 is 0 Å². The van der Waals surface area contributed by atoms with Crippen molar-refractivity contribution >= 4 is 12.0 Å². The Morgan fingerprint density at radius 1 is 1.00 bits per heavy atom. The summed E-state index contributed by atoms with van der Waals surface area (Å²) in [5.74, 6) is 0.813. The molecule has 0 aliphatic carbocycles. The van der Waals surface area contributed by atoms with Crippen LogP contribution in [0, 0.1) is 5.92 Å². The molecule has 4 heteroatoms. The zero-order valence-corrected chi connectivity index (χ0v) is 18.8. The Balaban J connectivity index is 1.81. The number of rotatable bonds is 13. The van der Waals surface area contributed by atoms with Gasteiger partial charge in [-0.1, -0.05) is 83.6 Å². The average molecular weight is 409 g/mol. The normalized spacial score (nSPS) is 12.2. The number of hydrogen-bond donors (Lipinski definition) is 0. The van der Waals surface area contributed by atoms with E-state index in [1.165, 1.54) is 50.2 Å². The van der Waals surface area contributed by atoms with Crippen molar-refractivity contribution in [1.29, 1.82) is 0 Å². The lowest BCUT2D eigenvalue weighted by molar-refractivity contribution is -0.138. The van der Waals surface area contributed by atoms with Crippen LogP contribution >= 0.6 is 0 Å². The van der Waals surface area contributed by atoms with Crippen molar-refractivity contribution in [2.45, 2.75) is 72.1 Å². The minimum absolute atomic E-state index is 0.302. The molecule has 4 nitrogen and oxygen atoms in total. The summed E-state index contributed by atoms with van der Waals surface area (Å²) in [6.07, 6.45) is 17.0. The summed E-state index contributed by atoms with van der Waals surface area (Å²) >= 11 is 0. The highest BCUT2D eigenvalue weighted by atomic mass is 16.5. The minimum Gasteiger partial charge on any atom is -0.462 e. The van der Waals surface area contributed by atoms with Gasteiger partial charge in [0.15, 0.2) is 5.82 Å². The van der Waals surface area contributed by atoms with Gasteiger partial charge in [-0.2, -0.15) is 0 Å². The Morgan fingerprint density at radius 2 is 1.67 bits per heavy atom. The van der Waals surface area contributed by atoms with Crippen LogP contribution in [0.5, 0.6) is 0 Å². The van der Waals surface area contributed by atoms with E-state index in [-0.39, 0.29) is 5.97 Å². The quantitative estimate of drug-likeness (QED) is 0.211. The van der Waals surface area contributed by atoms with E-state index >= 15 is 0 Å². The van der Waals surface area contributed by atoms with E-state index < -0.39 is 0 Å². The van der Waals surface area contributed by atoms with Crippen LogP contribution in [0.15, 0.2) is 42.7 Å². The molecule has 2 rings (SSSR count). The Kier molecular flexibility index (Phi) is 10.8. The maximum Gasteiger partial charge on any atom is 0.330 e. The molecule has 0 N–H and O–H groups in total. The number of carbonyl (C=O) groups excluding carboxylic acids is 1. The van der Waals surface area contributed by atoms with Gasteiger partial charge in [0.05, 0.1) is 6.61 Å². The van der Waals surface area contributed by atoms with Crippen LogP contribution in [0.2, 0.25) is 0 Å². The smallest absolute Gasteiger partial charge is 0.330 e. The summed E-state index contributed by atoms with van der Waals surface area (Å²) in [7, 11) is 0. The standard InChI is InChI=1S/C26H36N2O2/c1-4-6-7-8-9-10-11-23-18-27-26(28-19-23)24-15-12-22(13-16-24)14-17-25(29)30-20-21(3)5-2/h12-19,21H,4-11,20H2,1-3H3/t21-/m1/s1. The molecule has 2 aromatic rings. The third kappa shape index (κ3) is 8.89. The average Bonchev–Trinajstić information content (AvgIpc) is 2.79. The van der Waals surface area contributed by atoms with E-state index in [0.717, 1.165) is 29.8 Å². The number of aromatic nitrogens is 2. The zero-order chi connectivity index (χ0) is 21.6. The van der Waals surface area contributed by atoms with E-state index in [0.29, 0.717) is 12.5 Å². The van der Waals surface area contributed by atoms with Crippen LogP contribution in [0.3, 0.4) is 0 Å². The summed E-state index contributed by atoms with van der Waals surface area (Å²) in [5.41, 5.74) is 3.11. The van der Waals surface area contributed by atoms with E-state index in [9.17, 15) is 4.79 Å². The third-order valence-corrected chi connectivity index (χ3v) is 5.31. The molecule has 0 radical (unpaired) electrons. The van der Waals surface area contributed by atoms with E-state index in [1.807, 2.05) is 36.7 Å². The number of nitrogens with zero attached hydrogens (tertiary/aromatic N) is 2. The first-order valence-corrected chi connectivity index (χ1v) is 11.4. The molecule has 1 aromatic heterocycles. The number of carbonyl (C=O) groups is 1. The lowest BCUT2D eigenvalue weighted by Crippen LogP contribution is -2.08. The van der Waals surface area contributed by atoms with Gasteiger partial charge in [-0.05, 0) is 36.0 Å². The highest BCUT2D eigenvalue weighted by Gasteiger charge is 2.04. The fourth-order valence-electron chi connectivity index (χ4n) is 3.04. The molecular formula is C26H36N2O2. The fourth-order valence-corrected chi connectivity index (χ4v) is 3.04. The first-order valence-electron chi connectivity index (χ1n) is 11.4. The molecule has 0 aliphatic rings. The first kappa shape index (κ1) is 23.8. The summed E-state index contributed by atoms with van der Waals surface area (Å²) in [5, 5.41) is 0. The van der Waals surface area contributed by atoms with Gasteiger partial charge in [0, 0.05) is 24.0 Å². The number of benzene rings is 1. The molecule has 0 fully saturated rings. The number of ether oxygens (including phenoxy) is 1. The van der Waals surface area contributed by atoms with Gasteiger partial charge in [-0.25, -0.2) is 14.8 Å². The Labute approximate surface area is 181 Å². The molecule has 0 aliphatic heterocycles. The Morgan fingerprint density at radius 3 is 2.33 bits per heavy atom. The number of unbranched alkanes of at least 4 members (excludes halogenated alkanes) is 5. The zero-order valence-electron chi connectivity index (χ0n) is 18.8. The van der Waals surface area contributed by atoms with Gasteiger partial charge in [-0.3, -0.25) is 0 Å². The predicted octanol–water partition coefficient (Wildman–Crippen LogP) is 6.65. The van der Waals surface area contributed by atoms with Crippen LogP contribution in [-0.2, 0) is 16.0 Å². The predicted molar refractivity (Wildman–Crippen MR) is 124 cm³/mol. The topological polar surface area (TPSA) is 52.1 Å². The van der Waals surface area contributed by atoms with Crippen LogP contribution in [0.25, 0.3) is 17.5 Å². The lowest BCUT2D eigenvalue weighted by atomic mass is 10.1. The molecule has 0 saturated carbocycles. The molecular weight excluding hydrogens is 372 g/mol. The molecule has 1 aromatic carbocycles. The maximum absolute atomic E-state index is 11.8. The van der Waals surface area contributed by atoms with Gasteiger partial charge < -0.3 is 4.74 Å². The van der Waals surface area contributed by atoms with Gasteiger partial charge in [0.25, 0.3) is 0 Å². The highest BCUT2D eigenvalue weighted by Crippen LogP contribution is 2.17. The SMILES string of the molecule is CCCCCCCCc1cnc(-c2ccc(C=CC(=O)OC[C@H](C)CC)cc2)nc1. The van der Waals surface area contributed by atoms with Crippen LogP contribution in [-0.4, -0.2) is 22.5 Å². The number of hydrogen-bond acceptors (Lipinski definition) is 4. The van der Waals surface area contributed by atoms with Gasteiger partial charge in [0.2, 0.25) is 0 Å². The second kappa shape index (κ2) is 13.7. The lowest BCUT2D eigenvalue weighted by Gasteiger charge is -2.07. The highest BCUT2D eigenvalue weighted by molar-refractivity contribution is 5.87. The summed E-state index contributed by atoms with van der Waals surface area (Å²) in [6, 6.07) is 7.88. The molecule has 0 bridgehead atoms. The maximum atomic E-state index is 11.8. The Bertz CT molecular complexity index is 767. The van der Waals surface area contributed by atoms with Gasteiger partial charge in [-0.15, -0.1) is 0 Å². The molecule has 0 spiro atoms. The van der Waals surface area contributed by atoms with E-state index in [1.54, 1.807) is 6.08 Å². The number of aryl methyl sites for hydroxylation is 1. The summed E-state index contributed by atoms with van der Waals surface area (Å²) in [4.78, 5) is 20.8. The first-order chi connectivity index (χ1) is 14.6. The van der Waals surface area contributed by atoms with Crippen molar-refractivity contribution in [1.82, 2.24) is 9.97 Å². The van der Waals surface area contributed by atoms with Crippen molar-refractivity contribution in [2.75, 3.05) is 6.61 Å². The molecule has 0 unspecified atom stereocenters. The third-order valence-electron chi connectivity index (χ3n) is 5.31. The second-order valence-corrected chi connectivity index (χ2v) is 8.03. The molecule has 1 heterocycles. The van der Waals surface area contributed by atoms with Crippen molar-refractivity contribution in [3.63, 3.8) is 0 Å². The van der Waals surface area contributed by atoms with Gasteiger partial charge >= 0.3 is 5.97 Å². The Hall–Kier alpha value is -2.49.